The minimum atomic E-state index is 0.769. The van der Waals surface area contributed by atoms with Crippen LogP contribution in [0.2, 0.25) is 5.02 Å². The van der Waals surface area contributed by atoms with E-state index in [9.17, 15) is 0 Å². The van der Waals surface area contributed by atoms with Crippen LogP contribution in [0.5, 0.6) is 0 Å². The molecule has 120 valence electrons. The summed E-state index contributed by atoms with van der Waals surface area (Å²) in [6.45, 7) is 7.28. The number of nitrogens with zero attached hydrogens (tertiary/aromatic N) is 3. The number of hydrogen-bond acceptors (Lipinski definition) is 4. The molecule has 2 aromatic heterocycles. The first-order chi connectivity index (χ1) is 11.1. The maximum atomic E-state index is 6.05. The molecule has 0 radical (unpaired) electrons. The predicted octanol–water partition coefficient (Wildman–Crippen LogP) is 5.59. The van der Waals surface area contributed by atoms with Crippen molar-refractivity contribution in [3.05, 3.63) is 50.7 Å². The number of aryl methyl sites for hydroxylation is 1. The summed E-state index contributed by atoms with van der Waals surface area (Å²) in [5.74, 6) is 1.79. The lowest BCUT2D eigenvalue weighted by Crippen LogP contribution is -2.00. The van der Waals surface area contributed by atoms with E-state index in [4.69, 9.17) is 11.6 Å². The van der Waals surface area contributed by atoms with Crippen LogP contribution in [-0.4, -0.2) is 14.8 Å². The highest BCUT2D eigenvalue weighted by atomic mass is 35.5. The van der Waals surface area contributed by atoms with Crippen LogP contribution >= 0.6 is 34.7 Å². The van der Waals surface area contributed by atoms with Crippen molar-refractivity contribution < 1.29 is 0 Å². The average Bonchev–Trinajstić information content (AvgIpc) is 3.09. The van der Waals surface area contributed by atoms with Gasteiger partial charge >= 0.3 is 0 Å². The topological polar surface area (TPSA) is 30.7 Å². The van der Waals surface area contributed by atoms with E-state index in [1.807, 2.05) is 18.2 Å². The molecule has 23 heavy (non-hydrogen) atoms. The molecule has 0 bridgehead atoms. The lowest BCUT2D eigenvalue weighted by Gasteiger charge is -2.07. The molecule has 0 fully saturated rings. The Morgan fingerprint density at radius 3 is 2.74 bits per heavy atom. The fourth-order valence-electron chi connectivity index (χ4n) is 2.39. The van der Waals surface area contributed by atoms with Gasteiger partial charge in [-0.1, -0.05) is 35.5 Å². The Kier molecular flexibility index (Phi) is 5.09. The second-order valence-corrected chi connectivity index (χ2v) is 7.76. The van der Waals surface area contributed by atoms with Crippen LogP contribution in [0.15, 0.2) is 34.8 Å². The van der Waals surface area contributed by atoms with E-state index in [1.165, 1.54) is 21.6 Å². The molecule has 6 heteroatoms. The van der Waals surface area contributed by atoms with Gasteiger partial charge in [-0.05, 0) is 44.0 Å². The lowest BCUT2D eigenvalue weighted by molar-refractivity contribution is 0.687. The molecule has 0 aliphatic heterocycles. The van der Waals surface area contributed by atoms with Crippen molar-refractivity contribution in [2.45, 2.75) is 38.2 Å². The van der Waals surface area contributed by atoms with Crippen molar-refractivity contribution in [1.82, 2.24) is 14.8 Å². The maximum Gasteiger partial charge on any atom is 0.191 e. The molecule has 0 saturated heterocycles. The predicted molar refractivity (Wildman–Crippen MR) is 99.5 cm³/mol. The molecule has 0 aliphatic rings. The summed E-state index contributed by atoms with van der Waals surface area (Å²) < 4.78 is 2.18. The molecule has 0 aliphatic carbocycles. The van der Waals surface area contributed by atoms with Crippen LogP contribution in [0.4, 0.5) is 0 Å². The van der Waals surface area contributed by atoms with E-state index in [1.54, 1.807) is 23.1 Å². The van der Waals surface area contributed by atoms with Gasteiger partial charge in [0.2, 0.25) is 0 Å². The molecular formula is C17H18ClN3S2. The van der Waals surface area contributed by atoms with Gasteiger partial charge in [0.15, 0.2) is 11.0 Å². The van der Waals surface area contributed by atoms with E-state index < -0.39 is 0 Å². The van der Waals surface area contributed by atoms with Gasteiger partial charge in [0.1, 0.15) is 0 Å². The fourth-order valence-corrected chi connectivity index (χ4v) is 4.41. The number of thioether (sulfide) groups is 1. The summed E-state index contributed by atoms with van der Waals surface area (Å²) in [5, 5.41) is 12.7. The van der Waals surface area contributed by atoms with Crippen LogP contribution in [0.25, 0.3) is 11.4 Å². The molecule has 0 saturated carbocycles. The summed E-state index contributed by atoms with van der Waals surface area (Å²) in [6, 6.07) is 7.95. The maximum absolute atomic E-state index is 6.05. The number of aromatic nitrogens is 3. The zero-order chi connectivity index (χ0) is 16.4. The number of benzene rings is 1. The standard InChI is InChI=1S/C17H18ClN3S2/c1-4-21-16(15-10-22-12(3)11(15)2)19-20-17(21)23-9-13-6-5-7-14(18)8-13/h5-8,10H,4,9H2,1-3H3. The molecule has 0 unspecified atom stereocenters. The lowest BCUT2D eigenvalue weighted by atomic mass is 10.1. The normalized spacial score (nSPS) is 11.1. The summed E-state index contributed by atoms with van der Waals surface area (Å²) in [6.07, 6.45) is 0. The Balaban J connectivity index is 1.85. The third-order valence-corrected chi connectivity index (χ3v) is 6.10. The van der Waals surface area contributed by atoms with Gasteiger partial charge in [0.25, 0.3) is 0 Å². The molecule has 3 rings (SSSR count). The molecule has 3 aromatic rings. The van der Waals surface area contributed by atoms with E-state index in [-0.39, 0.29) is 0 Å². The summed E-state index contributed by atoms with van der Waals surface area (Å²) in [4.78, 5) is 1.33. The second kappa shape index (κ2) is 7.07. The van der Waals surface area contributed by atoms with Crippen molar-refractivity contribution >= 4 is 34.7 Å². The SMILES string of the molecule is CCn1c(SCc2cccc(Cl)c2)nnc1-c1csc(C)c1C. The Bertz CT molecular complexity index is 823. The highest BCUT2D eigenvalue weighted by molar-refractivity contribution is 7.98. The molecule has 2 heterocycles. The zero-order valence-corrected chi connectivity index (χ0v) is 15.7. The first-order valence-electron chi connectivity index (χ1n) is 7.45. The Morgan fingerprint density at radius 1 is 1.26 bits per heavy atom. The number of rotatable bonds is 5. The highest BCUT2D eigenvalue weighted by Crippen LogP contribution is 2.32. The van der Waals surface area contributed by atoms with Crippen molar-refractivity contribution in [3.8, 4) is 11.4 Å². The van der Waals surface area contributed by atoms with E-state index in [0.29, 0.717) is 0 Å². The Hall–Kier alpha value is -1.30. The summed E-state index contributed by atoms with van der Waals surface area (Å²) >= 11 is 9.51. The third kappa shape index (κ3) is 3.47. The van der Waals surface area contributed by atoms with E-state index >= 15 is 0 Å². The summed E-state index contributed by atoms with van der Waals surface area (Å²) in [7, 11) is 0. The van der Waals surface area contributed by atoms with Gasteiger partial charge in [0, 0.05) is 33.1 Å². The molecule has 0 N–H and O–H groups in total. The van der Waals surface area contributed by atoms with Crippen molar-refractivity contribution in [2.75, 3.05) is 0 Å². The van der Waals surface area contributed by atoms with Gasteiger partial charge in [-0.15, -0.1) is 21.5 Å². The largest absolute Gasteiger partial charge is 0.302 e. The molecular weight excluding hydrogens is 346 g/mol. The van der Waals surface area contributed by atoms with Gasteiger partial charge in [-0.25, -0.2) is 0 Å². The van der Waals surface area contributed by atoms with Crippen molar-refractivity contribution in [1.29, 1.82) is 0 Å². The van der Waals surface area contributed by atoms with Crippen LogP contribution in [0.3, 0.4) is 0 Å². The Morgan fingerprint density at radius 2 is 2.09 bits per heavy atom. The molecule has 0 spiro atoms. The first-order valence-corrected chi connectivity index (χ1v) is 9.70. The average molecular weight is 364 g/mol. The minimum Gasteiger partial charge on any atom is -0.302 e. The molecule has 1 aromatic carbocycles. The first kappa shape index (κ1) is 16.6. The van der Waals surface area contributed by atoms with Crippen molar-refractivity contribution in [3.63, 3.8) is 0 Å². The number of hydrogen-bond donors (Lipinski definition) is 0. The van der Waals surface area contributed by atoms with Crippen LogP contribution in [0.1, 0.15) is 22.9 Å². The van der Waals surface area contributed by atoms with Crippen LogP contribution in [0, 0.1) is 13.8 Å². The van der Waals surface area contributed by atoms with Crippen LogP contribution in [-0.2, 0) is 12.3 Å². The van der Waals surface area contributed by atoms with Gasteiger partial charge in [-0.2, -0.15) is 0 Å². The van der Waals surface area contributed by atoms with E-state index in [0.717, 1.165) is 28.3 Å². The number of thiophene rings is 1. The number of halogens is 1. The molecule has 3 nitrogen and oxygen atoms in total. The molecule has 0 amide bonds. The van der Waals surface area contributed by atoms with E-state index in [2.05, 4.69) is 47.0 Å². The molecule has 0 atom stereocenters. The third-order valence-electron chi connectivity index (χ3n) is 3.82. The fraction of sp³-hybridized carbons (Fsp3) is 0.294. The quantitative estimate of drug-likeness (QED) is 0.553. The highest BCUT2D eigenvalue weighted by Gasteiger charge is 2.16. The zero-order valence-electron chi connectivity index (χ0n) is 13.3. The monoisotopic (exact) mass is 363 g/mol. The Labute approximate surface area is 149 Å². The van der Waals surface area contributed by atoms with Crippen LogP contribution < -0.4 is 0 Å². The smallest absolute Gasteiger partial charge is 0.191 e. The summed E-state index contributed by atoms with van der Waals surface area (Å²) in [5.41, 5.74) is 3.68. The van der Waals surface area contributed by atoms with Gasteiger partial charge < -0.3 is 4.57 Å². The second-order valence-electron chi connectivity index (χ2n) is 5.30. The van der Waals surface area contributed by atoms with Gasteiger partial charge in [-0.3, -0.25) is 0 Å². The minimum absolute atomic E-state index is 0.769. The van der Waals surface area contributed by atoms with Gasteiger partial charge in [0.05, 0.1) is 0 Å². The van der Waals surface area contributed by atoms with Crippen molar-refractivity contribution in [2.24, 2.45) is 0 Å².